The van der Waals surface area contributed by atoms with Crippen molar-refractivity contribution in [2.75, 3.05) is 7.05 Å². The van der Waals surface area contributed by atoms with Gasteiger partial charge in [-0.2, -0.15) is 13.2 Å². The van der Waals surface area contributed by atoms with Gasteiger partial charge in [-0.05, 0) is 37.2 Å². The van der Waals surface area contributed by atoms with E-state index in [9.17, 15) is 13.2 Å². The van der Waals surface area contributed by atoms with Crippen LogP contribution in [0.15, 0.2) is 42.6 Å². The SMILES string of the molecule is CNC(c1ccccc1C(F)(F)F)c1cccnc1C. The zero-order chi connectivity index (χ0) is 14.8. The van der Waals surface area contributed by atoms with Crippen LogP contribution in [0.2, 0.25) is 0 Å². The summed E-state index contributed by atoms with van der Waals surface area (Å²) in [4.78, 5) is 4.14. The predicted molar refractivity (Wildman–Crippen MR) is 71.3 cm³/mol. The molecule has 1 aromatic carbocycles. The zero-order valence-electron chi connectivity index (χ0n) is 11.2. The summed E-state index contributed by atoms with van der Waals surface area (Å²) in [5, 5.41) is 2.95. The summed E-state index contributed by atoms with van der Waals surface area (Å²) >= 11 is 0. The van der Waals surface area contributed by atoms with Crippen LogP contribution in [0.4, 0.5) is 13.2 Å². The average molecular weight is 280 g/mol. The summed E-state index contributed by atoms with van der Waals surface area (Å²) in [6.45, 7) is 1.79. The highest BCUT2D eigenvalue weighted by Gasteiger charge is 2.35. The molecule has 5 heteroatoms. The third-order valence-corrected chi connectivity index (χ3v) is 3.22. The molecule has 1 atom stereocenters. The van der Waals surface area contributed by atoms with Crippen LogP contribution >= 0.6 is 0 Å². The van der Waals surface area contributed by atoms with Crippen molar-refractivity contribution in [3.8, 4) is 0 Å². The van der Waals surface area contributed by atoms with Crippen molar-refractivity contribution < 1.29 is 13.2 Å². The lowest BCUT2D eigenvalue weighted by molar-refractivity contribution is -0.138. The minimum Gasteiger partial charge on any atom is -0.309 e. The highest BCUT2D eigenvalue weighted by Crippen LogP contribution is 2.36. The fraction of sp³-hybridized carbons (Fsp3) is 0.267. The highest BCUT2D eigenvalue weighted by atomic mass is 19.4. The Balaban J connectivity index is 2.57. The maximum atomic E-state index is 13.1. The number of rotatable bonds is 3. The molecule has 0 saturated heterocycles. The van der Waals surface area contributed by atoms with E-state index in [1.165, 1.54) is 12.1 Å². The number of aryl methyl sites for hydroxylation is 1. The molecule has 0 aliphatic carbocycles. The van der Waals surface area contributed by atoms with Crippen LogP contribution in [0.1, 0.15) is 28.4 Å². The lowest BCUT2D eigenvalue weighted by Crippen LogP contribution is -2.22. The molecular weight excluding hydrogens is 265 g/mol. The van der Waals surface area contributed by atoms with Gasteiger partial charge in [0, 0.05) is 11.9 Å². The minimum absolute atomic E-state index is 0.207. The van der Waals surface area contributed by atoms with Crippen LogP contribution in [-0.2, 0) is 6.18 Å². The van der Waals surface area contributed by atoms with E-state index >= 15 is 0 Å². The molecule has 0 saturated carbocycles. The van der Waals surface area contributed by atoms with Gasteiger partial charge in [-0.25, -0.2) is 0 Å². The lowest BCUT2D eigenvalue weighted by Gasteiger charge is -2.22. The van der Waals surface area contributed by atoms with E-state index in [0.29, 0.717) is 5.69 Å². The highest BCUT2D eigenvalue weighted by molar-refractivity contribution is 5.40. The Morgan fingerprint density at radius 3 is 2.30 bits per heavy atom. The van der Waals surface area contributed by atoms with Gasteiger partial charge in [0.2, 0.25) is 0 Å². The molecule has 2 rings (SSSR count). The van der Waals surface area contributed by atoms with Crippen molar-refractivity contribution in [3.63, 3.8) is 0 Å². The van der Waals surface area contributed by atoms with Gasteiger partial charge >= 0.3 is 6.18 Å². The van der Waals surface area contributed by atoms with Gasteiger partial charge in [0.05, 0.1) is 11.6 Å². The Morgan fingerprint density at radius 1 is 1.05 bits per heavy atom. The van der Waals surface area contributed by atoms with Gasteiger partial charge in [0.15, 0.2) is 0 Å². The van der Waals surface area contributed by atoms with Crippen LogP contribution in [0.5, 0.6) is 0 Å². The van der Waals surface area contributed by atoms with Gasteiger partial charge in [0.25, 0.3) is 0 Å². The van der Waals surface area contributed by atoms with Crippen LogP contribution in [0.25, 0.3) is 0 Å². The van der Waals surface area contributed by atoms with Crippen LogP contribution in [0.3, 0.4) is 0 Å². The van der Waals surface area contributed by atoms with Gasteiger partial charge in [-0.15, -0.1) is 0 Å². The van der Waals surface area contributed by atoms with E-state index < -0.39 is 17.8 Å². The van der Waals surface area contributed by atoms with Crippen molar-refractivity contribution in [2.24, 2.45) is 0 Å². The van der Waals surface area contributed by atoms with E-state index in [1.807, 2.05) is 0 Å². The van der Waals surface area contributed by atoms with Crippen molar-refractivity contribution in [1.82, 2.24) is 10.3 Å². The number of aromatic nitrogens is 1. The molecule has 0 amide bonds. The largest absolute Gasteiger partial charge is 0.416 e. The number of benzene rings is 1. The summed E-state index contributed by atoms with van der Waals surface area (Å²) in [5.74, 6) is 0. The van der Waals surface area contributed by atoms with Gasteiger partial charge in [-0.3, -0.25) is 4.98 Å². The Labute approximate surface area is 115 Å². The van der Waals surface area contributed by atoms with Crippen LogP contribution < -0.4 is 5.32 Å². The molecule has 1 aromatic heterocycles. The topological polar surface area (TPSA) is 24.9 Å². The molecule has 20 heavy (non-hydrogen) atoms. The fourth-order valence-electron chi connectivity index (χ4n) is 2.29. The molecule has 1 N–H and O–H groups in total. The number of pyridine rings is 1. The number of alkyl halides is 3. The van der Waals surface area contributed by atoms with Crippen molar-refractivity contribution in [1.29, 1.82) is 0 Å². The molecule has 0 bridgehead atoms. The Hall–Kier alpha value is -1.88. The minimum atomic E-state index is -4.37. The average Bonchev–Trinajstić information content (AvgIpc) is 2.41. The molecular formula is C15H15F3N2. The Morgan fingerprint density at radius 2 is 1.70 bits per heavy atom. The second-order valence-corrected chi connectivity index (χ2v) is 4.48. The van der Waals surface area contributed by atoms with Crippen molar-refractivity contribution in [2.45, 2.75) is 19.1 Å². The maximum Gasteiger partial charge on any atom is 0.416 e. The molecule has 0 aliphatic rings. The Kier molecular flexibility index (Phi) is 4.09. The second-order valence-electron chi connectivity index (χ2n) is 4.48. The van der Waals surface area contributed by atoms with E-state index in [-0.39, 0.29) is 5.56 Å². The zero-order valence-corrected chi connectivity index (χ0v) is 11.2. The van der Waals surface area contributed by atoms with Crippen LogP contribution in [0, 0.1) is 6.92 Å². The molecule has 0 fully saturated rings. The molecule has 1 heterocycles. The third kappa shape index (κ3) is 2.82. The molecule has 2 nitrogen and oxygen atoms in total. The van der Waals surface area contributed by atoms with E-state index in [2.05, 4.69) is 10.3 Å². The summed E-state index contributed by atoms with van der Waals surface area (Å²) < 4.78 is 39.4. The molecule has 1 unspecified atom stereocenters. The lowest BCUT2D eigenvalue weighted by atomic mass is 9.93. The smallest absolute Gasteiger partial charge is 0.309 e. The molecule has 0 radical (unpaired) electrons. The predicted octanol–water partition coefficient (Wildman–Crippen LogP) is 3.72. The van der Waals surface area contributed by atoms with Crippen molar-refractivity contribution >= 4 is 0 Å². The first kappa shape index (κ1) is 14.5. The van der Waals surface area contributed by atoms with E-state index in [0.717, 1.165) is 11.6 Å². The fourth-order valence-corrected chi connectivity index (χ4v) is 2.29. The molecule has 2 aromatic rings. The normalized spacial score (nSPS) is 13.2. The summed E-state index contributed by atoms with van der Waals surface area (Å²) in [6.07, 6.45) is -2.75. The Bertz CT molecular complexity index is 594. The number of nitrogens with zero attached hydrogens (tertiary/aromatic N) is 1. The summed E-state index contributed by atoms with van der Waals surface area (Å²) in [5.41, 5.74) is 1.04. The van der Waals surface area contributed by atoms with Gasteiger partial charge in [0.1, 0.15) is 0 Å². The summed E-state index contributed by atoms with van der Waals surface area (Å²) in [7, 11) is 1.64. The third-order valence-electron chi connectivity index (χ3n) is 3.22. The second kappa shape index (κ2) is 5.63. The summed E-state index contributed by atoms with van der Waals surface area (Å²) in [6, 6.07) is 8.58. The quantitative estimate of drug-likeness (QED) is 0.927. The number of hydrogen-bond donors (Lipinski definition) is 1. The van der Waals surface area contributed by atoms with Gasteiger partial charge in [-0.1, -0.05) is 24.3 Å². The monoisotopic (exact) mass is 280 g/mol. The van der Waals surface area contributed by atoms with E-state index in [4.69, 9.17) is 0 Å². The van der Waals surface area contributed by atoms with Crippen LogP contribution in [-0.4, -0.2) is 12.0 Å². The first-order valence-corrected chi connectivity index (χ1v) is 6.20. The molecule has 0 aliphatic heterocycles. The van der Waals surface area contributed by atoms with E-state index in [1.54, 1.807) is 38.4 Å². The first-order valence-electron chi connectivity index (χ1n) is 6.20. The van der Waals surface area contributed by atoms with Crippen molar-refractivity contribution in [3.05, 3.63) is 65.0 Å². The molecule has 106 valence electrons. The number of nitrogens with one attached hydrogen (secondary N) is 1. The maximum absolute atomic E-state index is 13.1. The number of halogens is 3. The molecule has 0 spiro atoms. The van der Waals surface area contributed by atoms with Gasteiger partial charge < -0.3 is 5.32 Å². The first-order chi connectivity index (χ1) is 9.45. The number of hydrogen-bond acceptors (Lipinski definition) is 2. The standard InChI is InChI=1S/C15H15F3N2/c1-10-11(7-5-9-20-10)14(19-2)12-6-3-4-8-13(12)15(16,17)18/h3-9,14,19H,1-2H3.